The summed E-state index contributed by atoms with van der Waals surface area (Å²) in [5.74, 6) is -0.120. The molecule has 0 atom stereocenters. The molecular weight excluding hydrogens is 202 g/mol. The Morgan fingerprint density at radius 3 is 2.31 bits per heavy atom. The topological polar surface area (TPSA) is 46.2 Å². The normalized spacial score (nSPS) is 19.6. The van der Waals surface area contributed by atoms with Crippen LogP contribution in [0.3, 0.4) is 0 Å². The van der Waals surface area contributed by atoms with Gasteiger partial charge in [-0.2, -0.15) is 0 Å². The summed E-state index contributed by atoms with van der Waals surface area (Å²) < 4.78 is 0. The second-order valence-electron chi connectivity index (χ2n) is 5.26. The van der Waals surface area contributed by atoms with Gasteiger partial charge in [-0.15, -0.1) is 0 Å². The molecule has 0 heterocycles. The van der Waals surface area contributed by atoms with Crippen molar-refractivity contribution < 1.29 is 9.59 Å². The Labute approximate surface area is 96.6 Å². The fraction of sp³-hybridized carbons (Fsp3) is 0.538. The summed E-state index contributed by atoms with van der Waals surface area (Å²) in [6.07, 6.45) is 2.42. The van der Waals surface area contributed by atoms with Gasteiger partial charge >= 0.3 is 0 Å². The number of carbonyl (C=O) groups is 2. The van der Waals surface area contributed by atoms with Crippen molar-refractivity contribution in [3.63, 3.8) is 0 Å². The summed E-state index contributed by atoms with van der Waals surface area (Å²) in [5, 5.41) is 2.94. The van der Waals surface area contributed by atoms with Gasteiger partial charge in [-0.05, 0) is 12.3 Å². The van der Waals surface area contributed by atoms with Crippen molar-refractivity contribution in [2.45, 2.75) is 33.6 Å². The molecule has 0 saturated heterocycles. The number of Topliss-reactive ketones (excluding diaryl/α,β-unsaturated/α-hetero) is 2. The van der Waals surface area contributed by atoms with Crippen LogP contribution in [0, 0.1) is 5.41 Å². The van der Waals surface area contributed by atoms with Crippen LogP contribution in [0.25, 0.3) is 0 Å². The largest absolute Gasteiger partial charge is 0.386 e. The highest BCUT2D eigenvalue weighted by Gasteiger charge is 2.35. The quantitative estimate of drug-likeness (QED) is 0.450. The van der Waals surface area contributed by atoms with E-state index in [0.717, 1.165) is 5.57 Å². The predicted octanol–water partition coefficient (Wildman–Crippen LogP) is 1.99. The molecule has 16 heavy (non-hydrogen) atoms. The summed E-state index contributed by atoms with van der Waals surface area (Å²) in [5.41, 5.74) is 1.08. The molecule has 1 saturated carbocycles. The number of hydrogen-bond acceptors (Lipinski definition) is 3. The highest BCUT2D eigenvalue weighted by molar-refractivity contribution is 6.22. The molecule has 3 heteroatoms. The van der Waals surface area contributed by atoms with E-state index in [1.54, 1.807) is 0 Å². The first-order valence-electron chi connectivity index (χ1n) is 5.46. The van der Waals surface area contributed by atoms with Crippen molar-refractivity contribution in [1.82, 2.24) is 5.32 Å². The van der Waals surface area contributed by atoms with Gasteiger partial charge in [0.2, 0.25) is 0 Å². The first-order valence-corrected chi connectivity index (χ1v) is 5.46. The Balaban J connectivity index is 2.71. The number of carbonyl (C=O) groups excluding carboxylic acids is 2. The monoisotopic (exact) mass is 221 g/mol. The first-order chi connectivity index (χ1) is 7.32. The third-order valence-electron chi connectivity index (χ3n) is 2.53. The van der Waals surface area contributed by atoms with E-state index in [2.05, 4.69) is 11.9 Å². The molecule has 0 spiro atoms. The third-order valence-corrected chi connectivity index (χ3v) is 2.53. The minimum Gasteiger partial charge on any atom is -0.386 e. The minimum absolute atomic E-state index is 0.0598. The van der Waals surface area contributed by atoms with Crippen LogP contribution in [0.15, 0.2) is 23.9 Å². The number of hydrogen-bond donors (Lipinski definition) is 1. The summed E-state index contributed by atoms with van der Waals surface area (Å²) in [7, 11) is 0. The summed E-state index contributed by atoms with van der Waals surface area (Å²) in [4.78, 5) is 23.5. The van der Waals surface area contributed by atoms with Crippen molar-refractivity contribution in [1.29, 1.82) is 0 Å². The van der Waals surface area contributed by atoms with Gasteiger partial charge in [-0.3, -0.25) is 9.59 Å². The van der Waals surface area contributed by atoms with Gasteiger partial charge in [-0.1, -0.05) is 26.0 Å². The van der Waals surface area contributed by atoms with Gasteiger partial charge in [0.1, 0.15) is 0 Å². The molecule has 0 unspecified atom stereocenters. The van der Waals surface area contributed by atoms with Crippen molar-refractivity contribution in [3.8, 4) is 0 Å². The second kappa shape index (κ2) is 4.64. The highest BCUT2D eigenvalue weighted by atomic mass is 16.1. The van der Waals surface area contributed by atoms with E-state index >= 15 is 0 Å². The van der Waals surface area contributed by atoms with Crippen molar-refractivity contribution in [3.05, 3.63) is 23.9 Å². The molecule has 1 rings (SSSR count). The molecule has 1 fully saturated rings. The van der Waals surface area contributed by atoms with Gasteiger partial charge in [0.25, 0.3) is 0 Å². The van der Waals surface area contributed by atoms with E-state index in [-0.39, 0.29) is 17.0 Å². The van der Waals surface area contributed by atoms with Crippen molar-refractivity contribution in [2.75, 3.05) is 6.54 Å². The Hall–Kier alpha value is -1.38. The average molecular weight is 221 g/mol. The zero-order valence-corrected chi connectivity index (χ0v) is 10.2. The third kappa shape index (κ3) is 3.33. The fourth-order valence-electron chi connectivity index (χ4n) is 1.77. The molecule has 1 N–H and O–H groups in total. The van der Waals surface area contributed by atoms with Crippen LogP contribution in [0.4, 0.5) is 0 Å². The lowest BCUT2D eigenvalue weighted by Crippen LogP contribution is -2.32. The van der Waals surface area contributed by atoms with Crippen LogP contribution in [0.1, 0.15) is 33.6 Å². The van der Waals surface area contributed by atoms with E-state index in [4.69, 9.17) is 0 Å². The number of nitrogens with one attached hydrogen (secondary N) is 1. The summed E-state index contributed by atoms with van der Waals surface area (Å²) in [6, 6.07) is 0. The van der Waals surface area contributed by atoms with Gasteiger partial charge in [-0.25, -0.2) is 0 Å². The average Bonchev–Trinajstić information content (AvgIpc) is 2.07. The number of ketones is 2. The smallest absolute Gasteiger partial charge is 0.168 e. The van der Waals surface area contributed by atoms with Crippen molar-refractivity contribution >= 4 is 11.6 Å². The molecule has 0 radical (unpaired) electrons. The molecule has 0 aliphatic heterocycles. The maximum Gasteiger partial charge on any atom is 0.168 e. The Kier molecular flexibility index (Phi) is 3.68. The molecule has 0 amide bonds. The Morgan fingerprint density at radius 2 is 1.88 bits per heavy atom. The van der Waals surface area contributed by atoms with E-state index in [1.165, 1.54) is 6.20 Å². The minimum atomic E-state index is -0.195. The number of rotatable bonds is 3. The maximum atomic E-state index is 11.7. The van der Waals surface area contributed by atoms with Gasteiger partial charge in [0.15, 0.2) is 11.6 Å². The molecule has 1 aliphatic carbocycles. The molecule has 3 nitrogen and oxygen atoms in total. The Bertz CT molecular complexity index is 342. The second-order valence-corrected chi connectivity index (χ2v) is 5.26. The van der Waals surface area contributed by atoms with Crippen LogP contribution in [-0.2, 0) is 9.59 Å². The molecule has 0 bridgehead atoms. The lowest BCUT2D eigenvalue weighted by atomic mass is 9.74. The zero-order chi connectivity index (χ0) is 12.3. The van der Waals surface area contributed by atoms with Crippen LogP contribution >= 0.6 is 0 Å². The predicted molar refractivity (Wildman–Crippen MR) is 63.9 cm³/mol. The lowest BCUT2D eigenvalue weighted by molar-refractivity contribution is -0.127. The Morgan fingerprint density at radius 1 is 1.38 bits per heavy atom. The van der Waals surface area contributed by atoms with E-state index in [1.807, 2.05) is 20.8 Å². The fourth-order valence-corrected chi connectivity index (χ4v) is 1.77. The van der Waals surface area contributed by atoms with Crippen LogP contribution in [0.5, 0.6) is 0 Å². The van der Waals surface area contributed by atoms with Gasteiger partial charge < -0.3 is 5.32 Å². The van der Waals surface area contributed by atoms with Crippen molar-refractivity contribution in [2.24, 2.45) is 5.41 Å². The van der Waals surface area contributed by atoms with Gasteiger partial charge in [0.05, 0.1) is 5.57 Å². The SMILES string of the molecule is C=C(C)CNC=C1C(=O)CC(C)(C)CC1=O. The molecular formula is C13H19NO2. The van der Waals surface area contributed by atoms with E-state index in [9.17, 15) is 9.59 Å². The summed E-state index contributed by atoms with van der Waals surface area (Å²) >= 11 is 0. The zero-order valence-electron chi connectivity index (χ0n) is 10.2. The molecule has 0 aromatic heterocycles. The molecule has 0 aromatic rings. The number of allylic oxidation sites excluding steroid dienone is 1. The molecule has 88 valence electrons. The standard InChI is InChI=1S/C13H19NO2/c1-9(2)7-14-8-10-11(15)5-13(3,4)6-12(10)16/h8,14H,1,5-7H2,2-4H3. The highest BCUT2D eigenvalue weighted by Crippen LogP contribution is 2.33. The molecule has 1 aliphatic rings. The van der Waals surface area contributed by atoms with E-state index < -0.39 is 0 Å². The first kappa shape index (κ1) is 12.7. The van der Waals surface area contributed by atoms with E-state index in [0.29, 0.717) is 25.0 Å². The van der Waals surface area contributed by atoms with Gasteiger partial charge in [0, 0.05) is 25.6 Å². The van der Waals surface area contributed by atoms with Crippen LogP contribution in [-0.4, -0.2) is 18.1 Å². The lowest BCUT2D eigenvalue weighted by Gasteiger charge is -2.28. The maximum absolute atomic E-state index is 11.7. The van der Waals surface area contributed by atoms with Crippen LogP contribution in [0.2, 0.25) is 0 Å². The summed E-state index contributed by atoms with van der Waals surface area (Å²) in [6.45, 7) is 10.1. The van der Waals surface area contributed by atoms with Crippen LogP contribution < -0.4 is 5.32 Å². The molecule has 0 aromatic carbocycles.